The number of aryl methyl sites for hydroxylation is 1. The number of thiazole rings is 1. The Labute approximate surface area is 200 Å². The van der Waals surface area contributed by atoms with Crippen LogP contribution in [0.15, 0.2) is 77.8 Å². The second kappa shape index (κ2) is 11.5. The van der Waals surface area contributed by atoms with Crippen molar-refractivity contribution in [3.8, 4) is 11.3 Å². The van der Waals surface area contributed by atoms with E-state index in [-0.39, 0.29) is 11.8 Å². The average molecular weight is 477 g/mol. The van der Waals surface area contributed by atoms with Crippen LogP contribution < -0.4 is 10.6 Å². The summed E-state index contributed by atoms with van der Waals surface area (Å²) in [5.74, 6) is -0.409. The molecule has 1 aromatic carbocycles. The molecule has 1 unspecified atom stereocenters. The van der Waals surface area contributed by atoms with Crippen LogP contribution in [0.4, 0.5) is 0 Å². The molecule has 8 heteroatoms. The lowest BCUT2D eigenvalue weighted by Crippen LogP contribution is -2.48. The van der Waals surface area contributed by atoms with Gasteiger partial charge in [0.1, 0.15) is 6.04 Å². The van der Waals surface area contributed by atoms with Crippen molar-refractivity contribution < 1.29 is 9.59 Å². The molecule has 4 aromatic rings. The Bertz CT molecular complexity index is 1160. The summed E-state index contributed by atoms with van der Waals surface area (Å²) in [4.78, 5) is 34.8. The van der Waals surface area contributed by atoms with Crippen molar-refractivity contribution in [2.45, 2.75) is 25.3 Å². The molecule has 0 fully saturated rings. The quantitative estimate of drug-likeness (QED) is 0.333. The Morgan fingerprint density at radius 2 is 1.79 bits per heavy atom. The highest BCUT2D eigenvalue weighted by molar-refractivity contribution is 7.12. The topological polar surface area (TPSA) is 84.0 Å². The van der Waals surface area contributed by atoms with E-state index < -0.39 is 6.04 Å². The van der Waals surface area contributed by atoms with Gasteiger partial charge in [-0.05, 0) is 35.6 Å². The molecular weight excluding hydrogens is 452 g/mol. The molecule has 0 bridgehead atoms. The van der Waals surface area contributed by atoms with E-state index in [1.807, 2.05) is 59.3 Å². The van der Waals surface area contributed by atoms with Crippen molar-refractivity contribution in [1.82, 2.24) is 20.6 Å². The lowest BCUT2D eigenvalue weighted by atomic mass is 10.0. The van der Waals surface area contributed by atoms with Crippen molar-refractivity contribution in [2.75, 3.05) is 6.54 Å². The van der Waals surface area contributed by atoms with Crippen LogP contribution >= 0.6 is 22.7 Å². The van der Waals surface area contributed by atoms with E-state index in [4.69, 9.17) is 0 Å². The molecule has 1 atom stereocenters. The highest BCUT2D eigenvalue weighted by Gasteiger charge is 2.22. The van der Waals surface area contributed by atoms with E-state index in [0.717, 1.165) is 34.7 Å². The number of carbonyl (C=O) groups is 2. The lowest BCUT2D eigenvalue weighted by Gasteiger charge is -2.18. The van der Waals surface area contributed by atoms with E-state index >= 15 is 0 Å². The van der Waals surface area contributed by atoms with E-state index in [9.17, 15) is 9.59 Å². The smallest absolute Gasteiger partial charge is 0.262 e. The first-order valence-corrected chi connectivity index (χ1v) is 12.5. The predicted molar refractivity (Wildman–Crippen MR) is 132 cm³/mol. The zero-order chi connectivity index (χ0) is 22.9. The molecule has 0 saturated heterocycles. The van der Waals surface area contributed by atoms with Crippen molar-refractivity contribution in [3.63, 3.8) is 0 Å². The fourth-order valence-corrected chi connectivity index (χ4v) is 4.83. The third-order valence-corrected chi connectivity index (χ3v) is 6.82. The molecular formula is C25H24N4O2S2. The first-order chi connectivity index (χ1) is 16.2. The van der Waals surface area contributed by atoms with Crippen LogP contribution in [0.25, 0.3) is 11.3 Å². The molecule has 0 aliphatic heterocycles. The number of pyridine rings is 1. The van der Waals surface area contributed by atoms with Gasteiger partial charge in [-0.15, -0.1) is 22.7 Å². The fraction of sp³-hybridized carbons (Fsp3) is 0.200. The summed E-state index contributed by atoms with van der Waals surface area (Å²) in [6.45, 7) is 0.517. The van der Waals surface area contributed by atoms with Gasteiger partial charge < -0.3 is 10.6 Å². The van der Waals surface area contributed by atoms with Gasteiger partial charge in [-0.2, -0.15) is 0 Å². The molecule has 168 valence electrons. The number of aromatic nitrogens is 2. The van der Waals surface area contributed by atoms with Crippen molar-refractivity contribution in [2.24, 2.45) is 0 Å². The van der Waals surface area contributed by atoms with Gasteiger partial charge in [0.05, 0.1) is 15.6 Å². The minimum Gasteiger partial charge on any atom is -0.354 e. The summed E-state index contributed by atoms with van der Waals surface area (Å²) in [6, 6.07) is 16.5. The molecule has 6 nitrogen and oxygen atoms in total. The summed E-state index contributed by atoms with van der Waals surface area (Å²) in [7, 11) is 0. The molecule has 0 spiro atoms. The molecule has 0 saturated carbocycles. The number of carbonyl (C=O) groups excluding carboxylic acids is 2. The highest BCUT2D eigenvalue weighted by atomic mass is 32.1. The van der Waals surface area contributed by atoms with Crippen LogP contribution in [-0.2, 0) is 17.6 Å². The predicted octanol–water partition coefficient (Wildman–Crippen LogP) is 4.36. The first-order valence-electron chi connectivity index (χ1n) is 10.7. The SMILES string of the molecule is O=C(NC(Cc1ccccc1)C(=O)NCCCc1nc(-c2ccncc2)cs1)c1cccs1. The Balaban J connectivity index is 1.30. The standard InChI is InChI=1S/C25H24N4O2S2/c30-24(27-12-4-9-23-28-21(17-33-23)19-10-13-26-14-11-19)20(16-18-6-2-1-3-7-18)29-25(31)22-8-5-15-32-22/h1-3,5-8,10-11,13-15,17,20H,4,9,12,16H2,(H,27,30)(H,29,31). The zero-order valence-electron chi connectivity index (χ0n) is 17.9. The summed E-state index contributed by atoms with van der Waals surface area (Å²) < 4.78 is 0. The Morgan fingerprint density at radius 1 is 0.970 bits per heavy atom. The number of thiophene rings is 1. The van der Waals surface area contributed by atoms with Gasteiger partial charge in [-0.25, -0.2) is 4.98 Å². The molecule has 4 rings (SSSR count). The lowest BCUT2D eigenvalue weighted by molar-refractivity contribution is -0.122. The number of hydrogen-bond donors (Lipinski definition) is 2. The van der Waals surface area contributed by atoms with Gasteiger partial charge in [0.25, 0.3) is 5.91 Å². The average Bonchev–Trinajstić information content (AvgIpc) is 3.55. The van der Waals surface area contributed by atoms with Crippen LogP contribution in [-0.4, -0.2) is 34.4 Å². The fourth-order valence-electron chi connectivity index (χ4n) is 3.35. The molecule has 2 amide bonds. The monoisotopic (exact) mass is 476 g/mol. The van der Waals surface area contributed by atoms with Gasteiger partial charge in [0.2, 0.25) is 5.91 Å². The highest BCUT2D eigenvalue weighted by Crippen LogP contribution is 2.21. The van der Waals surface area contributed by atoms with Gasteiger partial charge in [0.15, 0.2) is 0 Å². The van der Waals surface area contributed by atoms with E-state index in [0.29, 0.717) is 17.8 Å². The third kappa shape index (κ3) is 6.57. The minimum absolute atomic E-state index is 0.180. The first kappa shape index (κ1) is 22.8. The second-order valence-corrected chi connectivity index (χ2v) is 9.34. The third-order valence-electron chi connectivity index (χ3n) is 5.04. The number of amides is 2. The van der Waals surface area contributed by atoms with Gasteiger partial charge >= 0.3 is 0 Å². The summed E-state index contributed by atoms with van der Waals surface area (Å²) in [6.07, 6.45) is 5.50. The molecule has 2 N–H and O–H groups in total. The van der Waals surface area contributed by atoms with Gasteiger partial charge in [-0.1, -0.05) is 36.4 Å². The maximum absolute atomic E-state index is 12.9. The van der Waals surface area contributed by atoms with Crippen LogP contribution in [0.2, 0.25) is 0 Å². The number of nitrogens with zero attached hydrogens (tertiary/aromatic N) is 2. The summed E-state index contributed by atoms with van der Waals surface area (Å²) in [5.41, 5.74) is 2.99. The van der Waals surface area contributed by atoms with Crippen molar-refractivity contribution in [1.29, 1.82) is 0 Å². The largest absolute Gasteiger partial charge is 0.354 e. The van der Waals surface area contributed by atoms with Crippen LogP contribution in [0.3, 0.4) is 0 Å². The van der Waals surface area contributed by atoms with Crippen LogP contribution in [0.1, 0.15) is 26.7 Å². The zero-order valence-corrected chi connectivity index (χ0v) is 19.6. The maximum atomic E-state index is 12.9. The normalized spacial score (nSPS) is 11.6. The molecule has 0 aliphatic carbocycles. The summed E-state index contributed by atoms with van der Waals surface area (Å²) >= 11 is 2.98. The van der Waals surface area contributed by atoms with E-state index in [2.05, 4.69) is 20.6 Å². The Morgan fingerprint density at radius 3 is 2.55 bits per heavy atom. The Kier molecular flexibility index (Phi) is 7.94. The number of benzene rings is 1. The van der Waals surface area contributed by atoms with E-state index in [1.54, 1.807) is 29.8 Å². The number of nitrogens with one attached hydrogen (secondary N) is 2. The second-order valence-electron chi connectivity index (χ2n) is 7.45. The molecule has 0 radical (unpaired) electrons. The molecule has 0 aliphatic rings. The van der Waals surface area contributed by atoms with E-state index in [1.165, 1.54) is 11.3 Å². The van der Waals surface area contributed by atoms with Crippen LogP contribution in [0, 0.1) is 0 Å². The molecule has 33 heavy (non-hydrogen) atoms. The Hall–Kier alpha value is -3.36. The van der Waals surface area contributed by atoms with Crippen molar-refractivity contribution in [3.05, 3.63) is 93.2 Å². The van der Waals surface area contributed by atoms with Gasteiger partial charge in [0, 0.05) is 42.7 Å². The van der Waals surface area contributed by atoms with Crippen molar-refractivity contribution >= 4 is 34.5 Å². The molecule has 3 aromatic heterocycles. The number of rotatable bonds is 10. The maximum Gasteiger partial charge on any atom is 0.262 e. The molecule has 3 heterocycles. The minimum atomic E-state index is -0.639. The summed E-state index contributed by atoms with van der Waals surface area (Å²) in [5, 5.41) is 10.8. The van der Waals surface area contributed by atoms with Crippen LogP contribution in [0.5, 0.6) is 0 Å². The number of hydrogen-bond acceptors (Lipinski definition) is 6. The van der Waals surface area contributed by atoms with Gasteiger partial charge in [-0.3, -0.25) is 14.6 Å².